The minimum atomic E-state index is -0.167. The van der Waals surface area contributed by atoms with Crippen molar-refractivity contribution in [2.45, 2.75) is 84.3 Å². The predicted octanol–water partition coefficient (Wildman–Crippen LogP) is 10.4. The number of aliphatic imine (C=N–C) groups is 2. The molecule has 0 aliphatic rings. The molecule has 0 atom stereocenters. The van der Waals surface area contributed by atoms with Crippen LogP contribution in [0.2, 0.25) is 0 Å². The molecule has 0 aliphatic carbocycles. The Hall–Kier alpha value is -0.167. The van der Waals surface area contributed by atoms with E-state index in [9.17, 15) is 0 Å². The van der Waals surface area contributed by atoms with Crippen LogP contribution in [0, 0.1) is 7.43 Å². The topological polar surface area (TPSA) is 51.4 Å². The van der Waals surface area contributed by atoms with Crippen molar-refractivity contribution < 1.29 is 89.4 Å². The zero-order valence-corrected chi connectivity index (χ0v) is 39.5. The van der Waals surface area contributed by atoms with Gasteiger partial charge in [0, 0.05) is 133 Å². The van der Waals surface area contributed by atoms with Gasteiger partial charge in [0.15, 0.2) is 0 Å². The summed E-state index contributed by atoms with van der Waals surface area (Å²) in [7, 11) is 11.2. The molecule has 0 heterocycles. The molecule has 2 rings (SSSR count). The van der Waals surface area contributed by atoms with Crippen molar-refractivity contribution in [1.29, 1.82) is 0 Å². The summed E-state index contributed by atoms with van der Waals surface area (Å²) >= 11 is 0. The van der Waals surface area contributed by atoms with Gasteiger partial charge in [-0.15, -0.1) is 6.58 Å². The molecule has 1 N–H and O–H groups in total. The first-order valence-corrected chi connectivity index (χ1v) is 12.1. The van der Waals surface area contributed by atoms with Gasteiger partial charge in [0.1, 0.15) is 0 Å². The van der Waals surface area contributed by atoms with Gasteiger partial charge < -0.3 is 22.3 Å². The van der Waals surface area contributed by atoms with Crippen LogP contribution >= 0.6 is 0 Å². The molecule has 0 radical (unpaired) electrons. The van der Waals surface area contributed by atoms with Gasteiger partial charge in [-0.2, -0.15) is 0 Å². The fraction of sp³-hybridized carbons (Fsp3) is 0.514. The van der Waals surface area contributed by atoms with Crippen molar-refractivity contribution in [3.8, 4) is 0 Å². The first-order valence-electron chi connectivity index (χ1n) is 12.1. The van der Waals surface area contributed by atoms with E-state index in [0.29, 0.717) is 0 Å². The quantitative estimate of drug-likeness (QED) is 0.141. The molecule has 0 saturated carbocycles. The van der Waals surface area contributed by atoms with Crippen molar-refractivity contribution in [2.24, 2.45) is 9.98 Å². The third kappa shape index (κ3) is 219. The van der Waals surface area contributed by atoms with E-state index in [-0.39, 0.29) is 127 Å². The minimum absolute atomic E-state index is 0. The van der Waals surface area contributed by atoms with E-state index < -0.39 is 0 Å². The molecule has 9 heteroatoms. The van der Waals surface area contributed by atoms with Crippen LogP contribution in [0.15, 0.2) is 95.4 Å². The van der Waals surface area contributed by atoms with Gasteiger partial charge in [-0.3, -0.25) is 9.98 Å². The molecule has 2 aromatic carbocycles. The average molecular weight is 1310 g/mol. The second-order valence-electron chi connectivity index (χ2n) is 6.49. The van der Waals surface area contributed by atoms with Gasteiger partial charge in [0.05, 0.1) is 12.7 Å². The van der Waals surface area contributed by atoms with Gasteiger partial charge in [-0.1, -0.05) is 136 Å². The zero-order valence-electron chi connectivity index (χ0n) is 27.8. The summed E-state index contributed by atoms with van der Waals surface area (Å²) in [6.07, 6.45) is 5.08. The van der Waals surface area contributed by atoms with Crippen LogP contribution < -0.4 is 0 Å². The van der Waals surface area contributed by atoms with Gasteiger partial charge in [-0.25, -0.2) is 0 Å². The Bertz CT molecular complexity index is 486. The Kier molecular flexibility index (Phi) is 247. The molecule has 0 spiro atoms. The third-order valence-electron chi connectivity index (χ3n) is 2.03. The fourth-order valence-corrected chi connectivity index (χ4v) is 1.23. The maximum absolute atomic E-state index is 8.06. The maximum atomic E-state index is 8.06. The second-order valence-corrected chi connectivity index (χ2v) is 6.49. The van der Waals surface area contributed by atoms with Crippen molar-refractivity contribution in [3.05, 3.63) is 92.9 Å². The van der Waals surface area contributed by atoms with Crippen molar-refractivity contribution in [3.63, 3.8) is 0 Å². The first-order chi connectivity index (χ1) is 16.7. The number of hydrogen-bond acceptors (Lipinski definition) is 3. The normalized spacial score (nSPS) is 6.25. The van der Waals surface area contributed by atoms with Crippen LogP contribution in [0.1, 0.15) is 78.2 Å². The summed E-state index contributed by atoms with van der Waals surface area (Å²) in [5, 5.41) is 8.06. The molecule has 0 amide bonds. The average Bonchev–Trinajstić information content (AvgIpc) is 2.85. The van der Waals surface area contributed by atoms with E-state index in [2.05, 4.69) is 16.6 Å². The van der Waals surface area contributed by atoms with E-state index in [1.165, 1.54) is 0 Å². The van der Waals surface area contributed by atoms with E-state index in [0.717, 1.165) is 0 Å². The van der Waals surface area contributed by atoms with Gasteiger partial charge >= 0.3 is 0 Å². The van der Waals surface area contributed by atoms with Crippen LogP contribution in [0.5, 0.6) is 0 Å². The molecule has 5 nitrogen and oxygen atoms in total. The molecule has 0 aliphatic heterocycles. The standard InChI is InChI=1S/2C6H6.2C4H10N2.C3H8O.C3H6.2C2H6.4CH4.CH3.4W/c2*1-2-4-6-5-3-1;2*1-5-4-6(2)3;1-3(2)4;1-3-2;2*1-2;;;;;;;;;/h2*1-6H;2*4H,1-3H3;3-4H,1-2H3;3H,1H2,2H3;2*1-2H3;4*1H4;1H3;;;;/q;;;;;;;;;;;;-1;;;;. The van der Waals surface area contributed by atoms with E-state index in [1.807, 2.05) is 145 Å². The molecule has 268 valence electrons. The van der Waals surface area contributed by atoms with Crippen LogP contribution in [0.3, 0.4) is 0 Å². The van der Waals surface area contributed by atoms with Crippen LogP contribution in [0.4, 0.5) is 0 Å². The Labute approximate surface area is 338 Å². The minimum Gasteiger partial charge on any atom is -0.394 e. The number of benzene rings is 2. The summed E-state index contributed by atoms with van der Waals surface area (Å²) in [6.45, 7) is 16.7. The predicted molar refractivity (Wildman–Crippen MR) is 198 cm³/mol. The third-order valence-corrected chi connectivity index (χ3v) is 2.03. The Morgan fingerprint density at radius 2 is 0.636 bits per heavy atom. The monoisotopic (exact) mass is 1310 g/mol. The van der Waals surface area contributed by atoms with E-state index in [4.69, 9.17) is 5.11 Å². The Morgan fingerprint density at radius 1 is 0.545 bits per heavy atom. The van der Waals surface area contributed by atoms with Crippen molar-refractivity contribution >= 4 is 12.7 Å². The number of rotatable bonds is 2. The van der Waals surface area contributed by atoms with Gasteiger partial charge in [-0.05, 0) is 20.8 Å². The summed E-state index contributed by atoms with van der Waals surface area (Å²) in [6, 6.07) is 24.0. The largest absolute Gasteiger partial charge is 0.394 e. The molecular weight excluding hydrogens is 1230 g/mol. The van der Waals surface area contributed by atoms with Gasteiger partial charge in [0.2, 0.25) is 0 Å². The molecule has 0 bridgehead atoms. The van der Waals surface area contributed by atoms with Gasteiger partial charge in [0.25, 0.3) is 0 Å². The molecule has 0 saturated heterocycles. The van der Waals surface area contributed by atoms with Crippen molar-refractivity contribution in [1.82, 2.24) is 9.80 Å². The van der Waals surface area contributed by atoms with Crippen LogP contribution in [-0.2, 0) is 84.3 Å². The van der Waals surface area contributed by atoms with Crippen LogP contribution in [0.25, 0.3) is 0 Å². The number of allylic oxidation sites excluding steroid dienone is 1. The molecule has 44 heavy (non-hydrogen) atoms. The van der Waals surface area contributed by atoms with E-state index >= 15 is 0 Å². The summed E-state index contributed by atoms with van der Waals surface area (Å²) in [5.41, 5.74) is 0. The summed E-state index contributed by atoms with van der Waals surface area (Å²) in [5.74, 6) is 0. The Balaban J connectivity index is -0.0000000167. The summed E-state index contributed by atoms with van der Waals surface area (Å²) in [4.78, 5) is 11.2. The molecule has 2 aromatic rings. The zero-order chi connectivity index (χ0) is 28.8. The second kappa shape index (κ2) is 112. The molecular formula is C35H77N4OW4-. The first kappa shape index (κ1) is 96.7. The number of hydrogen-bond donors (Lipinski definition) is 1. The van der Waals surface area contributed by atoms with E-state index in [1.54, 1.807) is 46.7 Å². The smallest absolute Gasteiger partial charge is 0.0841 e. The molecule has 0 aromatic heterocycles. The number of aliphatic hydroxyl groups excluding tert-OH is 1. The number of nitrogens with zero attached hydrogens (tertiary/aromatic N) is 4. The summed E-state index contributed by atoms with van der Waals surface area (Å²) < 4.78 is 0. The maximum Gasteiger partial charge on any atom is 0.0841 e. The number of aliphatic hydroxyl groups is 1. The Morgan fingerprint density at radius 3 is 0.659 bits per heavy atom. The molecule has 0 fully saturated rings. The fourth-order valence-electron chi connectivity index (χ4n) is 1.23. The van der Waals surface area contributed by atoms with Crippen LogP contribution in [-0.4, -0.2) is 76.0 Å². The van der Waals surface area contributed by atoms with Crippen molar-refractivity contribution in [2.75, 3.05) is 42.3 Å². The molecule has 0 unspecified atom stereocenters. The SMILES string of the molecule is C.C.C.C.C=CC.CC.CC.CC(C)O.CN=CN(C)C.CN=CN(C)C.[CH3-].[W].[W].[W].[W].c1ccccc1.c1ccccc1.